The Balaban J connectivity index is 2.06. The van der Waals surface area contributed by atoms with Crippen LogP contribution < -0.4 is 11.2 Å². The van der Waals surface area contributed by atoms with Crippen LogP contribution in [0.15, 0.2) is 40.1 Å². The van der Waals surface area contributed by atoms with Crippen LogP contribution >= 0.6 is 0 Å². The van der Waals surface area contributed by atoms with E-state index in [-0.39, 0.29) is 6.54 Å². The Hall–Kier alpha value is -2.72. The molecular weight excluding hydrogens is 301 g/mol. The van der Waals surface area contributed by atoms with Crippen molar-refractivity contribution in [3.8, 4) is 6.07 Å². The average Bonchev–Trinajstić information content (AvgIpc) is 3.09. The van der Waals surface area contributed by atoms with Crippen LogP contribution in [0.25, 0.3) is 0 Å². The number of ether oxygens (including phenoxy) is 1. The van der Waals surface area contributed by atoms with Gasteiger partial charge in [-0.3, -0.25) is 13.9 Å². The molecule has 0 N–H and O–H groups in total. The second-order valence-corrected chi connectivity index (χ2v) is 5.34. The van der Waals surface area contributed by atoms with Crippen molar-refractivity contribution in [2.45, 2.75) is 25.6 Å². The zero-order valence-corrected chi connectivity index (χ0v) is 12.2. The highest BCUT2D eigenvalue weighted by Gasteiger charge is 2.22. The summed E-state index contributed by atoms with van der Waals surface area (Å²) >= 11 is 0. The standard InChI is InChI=1S/C16H14FN3O3/c17-13-10-19(14-5-2-6-23-14)16(22)20(15(13)21)9-12-4-1-3-11(7-12)8-18/h1,3-4,7,10,14H,2,5-6,9H2/t14-/m1/s1. The molecule has 0 radical (unpaired) electrons. The van der Waals surface area contributed by atoms with Crippen molar-refractivity contribution >= 4 is 0 Å². The summed E-state index contributed by atoms with van der Waals surface area (Å²) in [6, 6.07) is 8.49. The van der Waals surface area contributed by atoms with Gasteiger partial charge < -0.3 is 4.74 Å². The minimum absolute atomic E-state index is 0.0995. The zero-order valence-electron chi connectivity index (χ0n) is 12.2. The van der Waals surface area contributed by atoms with E-state index >= 15 is 0 Å². The maximum absolute atomic E-state index is 13.9. The van der Waals surface area contributed by atoms with Crippen LogP contribution in [0.5, 0.6) is 0 Å². The number of hydrogen-bond donors (Lipinski definition) is 0. The van der Waals surface area contributed by atoms with Crippen LogP contribution in [0.2, 0.25) is 0 Å². The fraction of sp³-hybridized carbons (Fsp3) is 0.312. The molecule has 6 nitrogen and oxygen atoms in total. The number of nitriles is 1. The third kappa shape index (κ3) is 2.94. The quantitative estimate of drug-likeness (QED) is 0.857. The molecule has 0 amide bonds. The summed E-state index contributed by atoms with van der Waals surface area (Å²) in [7, 11) is 0. The number of halogens is 1. The van der Waals surface area contributed by atoms with Gasteiger partial charge in [0.15, 0.2) is 0 Å². The molecule has 23 heavy (non-hydrogen) atoms. The molecule has 1 saturated heterocycles. The van der Waals surface area contributed by atoms with Crippen LogP contribution in [0.3, 0.4) is 0 Å². The third-order valence-electron chi connectivity index (χ3n) is 3.77. The first-order valence-electron chi connectivity index (χ1n) is 7.22. The minimum atomic E-state index is -1.00. The predicted molar refractivity (Wildman–Crippen MR) is 79.4 cm³/mol. The molecule has 1 atom stereocenters. The molecule has 0 saturated carbocycles. The monoisotopic (exact) mass is 315 g/mol. The highest BCUT2D eigenvalue weighted by atomic mass is 19.1. The van der Waals surface area contributed by atoms with Gasteiger partial charge in [-0.25, -0.2) is 4.79 Å². The minimum Gasteiger partial charge on any atom is -0.358 e. The topological polar surface area (TPSA) is 77.0 Å². The summed E-state index contributed by atoms with van der Waals surface area (Å²) in [5.41, 5.74) is -0.614. The molecule has 2 aromatic rings. The molecule has 0 bridgehead atoms. The van der Waals surface area contributed by atoms with E-state index in [2.05, 4.69) is 0 Å². The molecule has 1 fully saturated rings. The maximum Gasteiger partial charge on any atom is 0.333 e. The molecule has 2 heterocycles. The van der Waals surface area contributed by atoms with E-state index < -0.39 is 23.3 Å². The highest BCUT2D eigenvalue weighted by Crippen LogP contribution is 2.20. The van der Waals surface area contributed by atoms with E-state index in [0.717, 1.165) is 21.8 Å². The van der Waals surface area contributed by atoms with Gasteiger partial charge in [-0.15, -0.1) is 0 Å². The lowest BCUT2D eigenvalue weighted by molar-refractivity contribution is 0.0504. The third-order valence-corrected chi connectivity index (χ3v) is 3.77. The Morgan fingerprint density at radius 1 is 1.39 bits per heavy atom. The smallest absolute Gasteiger partial charge is 0.333 e. The summed E-state index contributed by atoms with van der Waals surface area (Å²) in [6.45, 7) is 0.403. The first-order valence-corrected chi connectivity index (χ1v) is 7.22. The fourth-order valence-electron chi connectivity index (χ4n) is 2.64. The van der Waals surface area contributed by atoms with Gasteiger partial charge in [0.05, 0.1) is 24.4 Å². The van der Waals surface area contributed by atoms with Crippen molar-refractivity contribution in [3.05, 3.63) is 68.2 Å². The van der Waals surface area contributed by atoms with E-state index in [1.165, 1.54) is 0 Å². The van der Waals surface area contributed by atoms with Gasteiger partial charge in [-0.2, -0.15) is 9.65 Å². The van der Waals surface area contributed by atoms with Gasteiger partial charge in [-0.1, -0.05) is 12.1 Å². The van der Waals surface area contributed by atoms with E-state index in [1.54, 1.807) is 24.3 Å². The van der Waals surface area contributed by atoms with Gasteiger partial charge in [-0.05, 0) is 30.5 Å². The van der Waals surface area contributed by atoms with Gasteiger partial charge in [0, 0.05) is 6.61 Å². The molecule has 0 spiro atoms. The van der Waals surface area contributed by atoms with E-state index in [4.69, 9.17) is 10.00 Å². The number of aromatic nitrogens is 2. The molecule has 1 aromatic carbocycles. The van der Waals surface area contributed by atoms with Gasteiger partial charge >= 0.3 is 5.69 Å². The molecule has 3 rings (SSSR count). The first-order chi connectivity index (χ1) is 11.1. The molecule has 7 heteroatoms. The zero-order chi connectivity index (χ0) is 16.4. The first kappa shape index (κ1) is 15.2. The molecular formula is C16H14FN3O3. The molecule has 118 valence electrons. The van der Waals surface area contributed by atoms with Crippen LogP contribution in [-0.4, -0.2) is 15.7 Å². The van der Waals surface area contributed by atoms with Crippen LogP contribution in [0, 0.1) is 17.1 Å². The Bertz CT molecular complexity index is 889. The molecule has 0 aliphatic carbocycles. The molecule has 1 aromatic heterocycles. The number of hydrogen-bond acceptors (Lipinski definition) is 4. The van der Waals surface area contributed by atoms with Crippen LogP contribution in [0.4, 0.5) is 4.39 Å². The summed E-state index contributed by atoms with van der Waals surface area (Å²) in [5.74, 6) is -1.00. The van der Waals surface area contributed by atoms with E-state index in [0.29, 0.717) is 24.2 Å². The van der Waals surface area contributed by atoms with E-state index in [1.807, 2.05) is 6.07 Å². The number of rotatable bonds is 3. The summed E-state index contributed by atoms with van der Waals surface area (Å²) in [5, 5.41) is 8.91. The van der Waals surface area contributed by atoms with E-state index in [9.17, 15) is 14.0 Å². The highest BCUT2D eigenvalue weighted by molar-refractivity contribution is 5.32. The average molecular weight is 315 g/mol. The fourth-order valence-corrected chi connectivity index (χ4v) is 2.64. The van der Waals surface area contributed by atoms with Crippen LogP contribution in [-0.2, 0) is 11.3 Å². The van der Waals surface area contributed by atoms with Crippen molar-refractivity contribution in [1.29, 1.82) is 5.26 Å². The normalized spacial score (nSPS) is 17.1. The lowest BCUT2D eigenvalue weighted by Crippen LogP contribution is -2.42. The molecule has 1 aliphatic heterocycles. The second kappa shape index (κ2) is 6.18. The predicted octanol–water partition coefficient (Wildman–Crippen LogP) is 1.38. The molecule has 0 unspecified atom stereocenters. The Morgan fingerprint density at radius 2 is 2.22 bits per heavy atom. The van der Waals surface area contributed by atoms with Gasteiger partial charge in [0.1, 0.15) is 6.23 Å². The van der Waals surface area contributed by atoms with Crippen LogP contribution in [0.1, 0.15) is 30.2 Å². The van der Waals surface area contributed by atoms with Crippen molar-refractivity contribution in [3.63, 3.8) is 0 Å². The lowest BCUT2D eigenvalue weighted by Gasteiger charge is -2.15. The lowest BCUT2D eigenvalue weighted by atomic mass is 10.1. The summed E-state index contributed by atoms with van der Waals surface area (Å²) in [4.78, 5) is 24.5. The summed E-state index contributed by atoms with van der Waals surface area (Å²) in [6.07, 6.45) is 1.74. The number of nitrogens with zero attached hydrogens (tertiary/aromatic N) is 3. The van der Waals surface area contributed by atoms with Crippen molar-refractivity contribution in [2.75, 3.05) is 6.61 Å². The van der Waals surface area contributed by atoms with Gasteiger partial charge in [0.25, 0.3) is 5.56 Å². The van der Waals surface area contributed by atoms with Crippen molar-refractivity contribution < 1.29 is 9.13 Å². The van der Waals surface area contributed by atoms with Crippen molar-refractivity contribution in [1.82, 2.24) is 9.13 Å². The largest absolute Gasteiger partial charge is 0.358 e. The SMILES string of the molecule is N#Cc1cccc(Cn2c(=O)c(F)cn([C@H]3CCCO3)c2=O)c1. The van der Waals surface area contributed by atoms with Gasteiger partial charge in [0.2, 0.25) is 5.82 Å². The Morgan fingerprint density at radius 3 is 2.91 bits per heavy atom. The molecule has 1 aliphatic rings. The van der Waals surface area contributed by atoms with Crippen molar-refractivity contribution in [2.24, 2.45) is 0 Å². The second-order valence-electron chi connectivity index (χ2n) is 5.34. The Labute approximate surface area is 131 Å². The Kier molecular flexibility index (Phi) is 4.08. The maximum atomic E-state index is 13.9. The summed E-state index contributed by atoms with van der Waals surface area (Å²) < 4.78 is 21.3. The number of benzene rings is 1.